The molecule has 1 saturated heterocycles. The van der Waals surface area contributed by atoms with Gasteiger partial charge in [-0.3, -0.25) is 9.69 Å². The van der Waals surface area contributed by atoms with Crippen molar-refractivity contribution in [1.82, 2.24) is 10.2 Å². The molecule has 4 rings (SSSR count). The number of nitrogens with one attached hydrogen (secondary N) is 1. The number of hydrogen-bond donors (Lipinski definition) is 1. The second-order valence-corrected chi connectivity index (χ2v) is 8.41. The molecule has 7 heteroatoms. The third kappa shape index (κ3) is 6.22. The van der Waals surface area contributed by atoms with Crippen LogP contribution in [0.5, 0.6) is 11.5 Å². The number of carbonyl (C=O) groups excluding carboxylic acids is 1. The molecule has 32 heavy (non-hydrogen) atoms. The standard InChI is InChI=1S/C25H27BrN2O4/c26-25-22-7-2-1-5-20(22)8-9-23(25)32-18-24(29)27-17-19-4-3-6-21(16-19)31-15-12-28-10-13-30-14-11-28/h1-9,16H,10-15,17-18H2,(H,27,29). The van der Waals surface area contributed by atoms with E-state index in [4.69, 9.17) is 14.2 Å². The third-order valence-corrected chi connectivity index (χ3v) is 6.17. The predicted octanol–water partition coefficient (Wildman–Crippen LogP) is 4.01. The van der Waals surface area contributed by atoms with Gasteiger partial charge in [0, 0.05) is 26.2 Å². The second kappa shape index (κ2) is 11.3. The average Bonchev–Trinajstić information content (AvgIpc) is 2.83. The van der Waals surface area contributed by atoms with Crippen molar-refractivity contribution in [2.24, 2.45) is 0 Å². The molecule has 1 aliphatic heterocycles. The summed E-state index contributed by atoms with van der Waals surface area (Å²) in [4.78, 5) is 14.6. The molecule has 0 saturated carbocycles. The molecule has 0 aromatic heterocycles. The highest BCUT2D eigenvalue weighted by molar-refractivity contribution is 9.10. The molecule has 3 aromatic rings. The van der Waals surface area contributed by atoms with Crippen LogP contribution in [0.4, 0.5) is 0 Å². The Labute approximate surface area is 196 Å². The minimum atomic E-state index is -0.177. The first-order valence-electron chi connectivity index (χ1n) is 10.8. The largest absolute Gasteiger partial charge is 0.492 e. The number of morpholine rings is 1. The molecule has 1 heterocycles. The molecule has 0 aliphatic carbocycles. The van der Waals surface area contributed by atoms with Crippen molar-refractivity contribution >= 4 is 32.6 Å². The van der Waals surface area contributed by atoms with E-state index >= 15 is 0 Å². The van der Waals surface area contributed by atoms with Crippen molar-refractivity contribution in [3.8, 4) is 11.5 Å². The van der Waals surface area contributed by atoms with Crippen LogP contribution in [0.25, 0.3) is 10.8 Å². The summed E-state index contributed by atoms with van der Waals surface area (Å²) in [7, 11) is 0. The number of nitrogens with zero attached hydrogens (tertiary/aromatic N) is 1. The van der Waals surface area contributed by atoms with E-state index in [1.807, 2.05) is 60.7 Å². The molecule has 0 bridgehead atoms. The lowest BCUT2D eigenvalue weighted by Gasteiger charge is -2.26. The van der Waals surface area contributed by atoms with Crippen molar-refractivity contribution in [2.45, 2.75) is 6.54 Å². The van der Waals surface area contributed by atoms with Crippen LogP contribution in [0.2, 0.25) is 0 Å². The van der Waals surface area contributed by atoms with Gasteiger partial charge < -0.3 is 19.5 Å². The normalized spacial score (nSPS) is 14.3. The van der Waals surface area contributed by atoms with Crippen LogP contribution in [0.1, 0.15) is 5.56 Å². The molecule has 168 valence electrons. The van der Waals surface area contributed by atoms with Gasteiger partial charge in [0.2, 0.25) is 0 Å². The van der Waals surface area contributed by atoms with Crippen molar-refractivity contribution in [2.75, 3.05) is 46.1 Å². The van der Waals surface area contributed by atoms with Crippen LogP contribution in [-0.2, 0) is 16.1 Å². The van der Waals surface area contributed by atoms with Crippen LogP contribution in [-0.4, -0.2) is 56.9 Å². The van der Waals surface area contributed by atoms with E-state index in [9.17, 15) is 4.79 Å². The molecular weight excluding hydrogens is 472 g/mol. The van der Waals surface area contributed by atoms with Gasteiger partial charge in [-0.2, -0.15) is 0 Å². The van der Waals surface area contributed by atoms with Gasteiger partial charge in [0.25, 0.3) is 5.91 Å². The summed E-state index contributed by atoms with van der Waals surface area (Å²) in [5.74, 6) is 1.28. The molecule has 1 N–H and O–H groups in total. The van der Waals surface area contributed by atoms with Gasteiger partial charge in [-0.05, 0) is 50.5 Å². The van der Waals surface area contributed by atoms with E-state index in [-0.39, 0.29) is 12.5 Å². The number of rotatable bonds is 9. The Morgan fingerprint density at radius 1 is 1.03 bits per heavy atom. The fraction of sp³-hybridized carbons (Fsp3) is 0.320. The Hall–Kier alpha value is -2.61. The highest BCUT2D eigenvalue weighted by Crippen LogP contribution is 2.32. The van der Waals surface area contributed by atoms with Gasteiger partial charge in [0.15, 0.2) is 6.61 Å². The summed E-state index contributed by atoms with van der Waals surface area (Å²) in [6.07, 6.45) is 0. The van der Waals surface area contributed by atoms with Gasteiger partial charge in [0.1, 0.15) is 18.1 Å². The molecule has 0 spiro atoms. The first kappa shape index (κ1) is 22.6. The minimum Gasteiger partial charge on any atom is -0.492 e. The van der Waals surface area contributed by atoms with Crippen molar-refractivity contribution < 1.29 is 19.0 Å². The zero-order valence-electron chi connectivity index (χ0n) is 17.9. The zero-order chi connectivity index (χ0) is 22.2. The lowest BCUT2D eigenvalue weighted by Crippen LogP contribution is -2.38. The molecule has 0 atom stereocenters. The van der Waals surface area contributed by atoms with Gasteiger partial charge in [-0.15, -0.1) is 0 Å². The molecule has 1 aliphatic rings. The maximum Gasteiger partial charge on any atom is 0.258 e. The lowest BCUT2D eigenvalue weighted by molar-refractivity contribution is -0.123. The van der Waals surface area contributed by atoms with Crippen LogP contribution < -0.4 is 14.8 Å². The Bertz CT molecular complexity index is 1050. The number of amides is 1. The molecule has 3 aromatic carbocycles. The summed E-state index contributed by atoms with van der Waals surface area (Å²) in [5.41, 5.74) is 0.981. The summed E-state index contributed by atoms with van der Waals surface area (Å²) >= 11 is 3.58. The van der Waals surface area contributed by atoms with E-state index in [1.54, 1.807) is 0 Å². The van der Waals surface area contributed by atoms with E-state index in [1.165, 1.54) is 0 Å². The number of fused-ring (bicyclic) bond motifs is 1. The summed E-state index contributed by atoms with van der Waals surface area (Å²) in [6, 6.07) is 19.7. The van der Waals surface area contributed by atoms with E-state index in [0.717, 1.165) is 59.4 Å². The number of halogens is 1. The minimum absolute atomic E-state index is 0.0489. The molecule has 6 nitrogen and oxygen atoms in total. The maximum absolute atomic E-state index is 12.3. The fourth-order valence-electron chi connectivity index (χ4n) is 3.58. The summed E-state index contributed by atoms with van der Waals surface area (Å²) in [5, 5.41) is 5.07. The lowest BCUT2D eigenvalue weighted by atomic mass is 10.1. The van der Waals surface area contributed by atoms with E-state index < -0.39 is 0 Å². The molecule has 1 fully saturated rings. The molecule has 0 unspecified atom stereocenters. The number of ether oxygens (including phenoxy) is 3. The maximum atomic E-state index is 12.3. The Morgan fingerprint density at radius 3 is 2.75 bits per heavy atom. The molecular formula is C25H27BrN2O4. The van der Waals surface area contributed by atoms with Crippen molar-refractivity contribution in [1.29, 1.82) is 0 Å². The average molecular weight is 499 g/mol. The second-order valence-electron chi connectivity index (χ2n) is 7.61. The van der Waals surface area contributed by atoms with Crippen LogP contribution in [0, 0.1) is 0 Å². The van der Waals surface area contributed by atoms with Gasteiger partial charge in [-0.25, -0.2) is 0 Å². The number of carbonyl (C=O) groups is 1. The number of benzene rings is 3. The number of hydrogen-bond acceptors (Lipinski definition) is 5. The van der Waals surface area contributed by atoms with Crippen molar-refractivity contribution in [3.63, 3.8) is 0 Å². The topological polar surface area (TPSA) is 60.0 Å². The predicted molar refractivity (Wildman–Crippen MR) is 128 cm³/mol. The smallest absolute Gasteiger partial charge is 0.258 e. The summed E-state index contributed by atoms with van der Waals surface area (Å²) < 4.78 is 17.8. The van der Waals surface area contributed by atoms with Gasteiger partial charge >= 0.3 is 0 Å². The Morgan fingerprint density at radius 2 is 1.88 bits per heavy atom. The van der Waals surface area contributed by atoms with Crippen molar-refractivity contribution in [3.05, 3.63) is 70.7 Å². The first-order chi connectivity index (χ1) is 15.7. The first-order valence-corrected chi connectivity index (χ1v) is 11.6. The SMILES string of the molecule is O=C(COc1ccc2ccccc2c1Br)NCc1cccc(OCCN2CCOCC2)c1. The Balaban J connectivity index is 1.22. The van der Waals surface area contributed by atoms with Crippen LogP contribution in [0.15, 0.2) is 65.1 Å². The van der Waals surface area contributed by atoms with Crippen LogP contribution >= 0.6 is 15.9 Å². The third-order valence-electron chi connectivity index (χ3n) is 5.35. The monoisotopic (exact) mass is 498 g/mol. The van der Waals surface area contributed by atoms with Crippen LogP contribution in [0.3, 0.4) is 0 Å². The van der Waals surface area contributed by atoms with Gasteiger partial charge in [0.05, 0.1) is 17.7 Å². The fourth-order valence-corrected chi connectivity index (χ4v) is 4.19. The van der Waals surface area contributed by atoms with E-state index in [0.29, 0.717) is 18.9 Å². The van der Waals surface area contributed by atoms with Gasteiger partial charge in [-0.1, -0.05) is 42.5 Å². The molecule has 1 amide bonds. The van der Waals surface area contributed by atoms with E-state index in [2.05, 4.69) is 26.1 Å². The molecule has 0 radical (unpaired) electrons. The Kier molecular flexibility index (Phi) is 7.98. The highest BCUT2D eigenvalue weighted by atomic mass is 79.9. The zero-order valence-corrected chi connectivity index (χ0v) is 19.5. The highest BCUT2D eigenvalue weighted by Gasteiger charge is 2.11. The summed E-state index contributed by atoms with van der Waals surface area (Å²) in [6.45, 7) is 5.36. The quantitative estimate of drug-likeness (QED) is 0.482.